The summed E-state index contributed by atoms with van der Waals surface area (Å²) in [7, 11) is 1.23. The minimum Gasteiger partial charge on any atom is -0.488 e. The van der Waals surface area contributed by atoms with Crippen LogP contribution >= 0.6 is 15.9 Å². The van der Waals surface area contributed by atoms with Crippen molar-refractivity contribution in [1.29, 1.82) is 0 Å². The maximum absolute atomic E-state index is 12.9. The van der Waals surface area contributed by atoms with E-state index in [1.807, 2.05) is 36.4 Å². The van der Waals surface area contributed by atoms with E-state index in [-0.39, 0.29) is 23.8 Å². The number of furan rings is 1. The Kier molecular flexibility index (Phi) is 6.60. The van der Waals surface area contributed by atoms with Crippen LogP contribution in [0.1, 0.15) is 27.4 Å². The van der Waals surface area contributed by atoms with Gasteiger partial charge in [0.1, 0.15) is 23.8 Å². The number of rotatable bonds is 7. The van der Waals surface area contributed by atoms with Crippen LogP contribution in [0.5, 0.6) is 5.75 Å². The number of imide groups is 1. The molecule has 2 heterocycles. The number of nitrogens with one attached hydrogen (secondary N) is 1. The van der Waals surface area contributed by atoms with Crippen molar-refractivity contribution in [2.45, 2.75) is 13.2 Å². The van der Waals surface area contributed by atoms with E-state index >= 15 is 0 Å². The molecule has 0 bridgehead atoms. The van der Waals surface area contributed by atoms with Crippen molar-refractivity contribution in [3.63, 3.8) is 0 Å². The van der Waals surface area contributed by atoms with Crippen LogP contribution in [0.4, 0.5) is 4.79 Å². The van der Waals surface area contributed by atoms with Crippen LogP contribution in [-0.2, 0) is 22.7 Å². The van der Waals surface area contributed by atoms with Crippen LogP contribution in [0.3, 0.4) is 0 Å². The lowest BCUT2D eigenvalue weighted by molar-refractivity contribution is -0.123. The summed E-state index contributed by atoms with van der Waals surface area (Å²) in [6, 6.07) is 17.5. The third-order valence-corrected chi connectivity index (χ3v) is 5.33. The lowest BCUT2D eigenvalue weighted by Gasteiger charge is -2.11. The van der Waals surface area contributed by atoms with Gasteiger partial charge in [0, 0.05) is 10.0 Å². The Hall–Kier alpha value is -3.85. The molecule has 1 aliphatic rings. The highest BCUT2D eigenvalue weighted by Crippen LogP contribution is 2.28. The SMILES string of the molecule is COC(=O)c1ccc(CN2C(=O)N/C(=C\c3cc(Br)ccc3OCc3ccccc3)C2=O)o1. The quantitative estimate of drug-likeness (QED) is 0.285. The molecule has 0 spiro atoms. The first-order valence-corrected chi connectivity index (χ1v) is 10.7. The summed E-state index contributed by atoms with van der Waals surface area (Å²) in [5.41, 5.74) is 1.72. The van der Waals surface area contributed by atoms with E-state index in [1.165, 1.54) is 19.2 Å². The third kappa shape index (κ3) is 5.15. The topological polar surface area (TPSA) is 98.1 Å². The second-order valence-corrected chi connectivity index (χ2v) is 8.01. The van der Waals surface area contributed by atoms with Gasteiger partial charge in [-0.05, 0) is 42.0 Å². The van der Waals surface area contributed by atoms with Crippen LogP contribution < -0.4 is 10.1 Å². The minimum atomic E-state index is -0.642. The Morgan fingerprint density at radius 3 is 2.67 bits per heavy atom. The van der Waals surface area contributed by atoms with Gasteiger partial charge in [0.15, 0.2) is 0 Å². The van der Waals surface area contributed by atoms with Gasteiger partial charge in [0.2, 0.25) is 5.76 Å². The summed E-state index contributed by atoms with van der Waals surface area (Å²) in [6.07, 6.45) is 1.56. The third-order valence-electron chi connectivity index (χ3n) is 4.83. The van der Waals surface area contributed by atoms with Crippen molar-refractivity contribution in [3.8, 4) is 5.75 Å². The lowest BCUT2D eigenvalue weighted by atomic mass is 10.1. The molecule has 9 heteroatoms. The summed E-state index contributed by atoms with van der Waals surface area (Å²) < 4.78 is 16.7. The zero-order valence-electron chi connectivity index (χ0n) is 17.5. The zero-order chi connectivity index (χ0) is 23.4. The second-order valence-electron chi connectivity index (χ2n) is 7.09. The van der Waals surface area contributed by atoms with Gasteiger partial charge >= 0.3 is 12.0 Å². The fraction of sp³-hybridized carbons (Fsp3) is 0.125. The van der Waals surface area contributed by atoms with E-state index in [2.05, 4.69) is 26.0 Å². The number of halogens is 1. The van der Waals surface area contributed by atoms with Crippen molar-refractivity contribution in [1.82, 2.24) is 10.2 Å². The van der Waals surface area contributed by atoms with Gasteiger partial charge in [-0.1, -0.05) is 46.3 Å². The predicted octanol–water partition coefficient (Wildman–Crippen LogP) is 4.50. The van der Waals surface area contributed by atoms with Crippen molar-refractivity contribution in [2.24, 2.45) is 0 Å². The number of esters is 1. The maximum Gasteiger partial charge on any atom is 0.373 e. The molecule has 1 aromatic heterocycles. The molecule has 3 amide bonds. The Balaban J connectivity index is 1.52. The Labute approximate surface area is 197 Å². The highest BCUT2D eigenvalue weighted by molar-refractivity contribution is 9.10. The molecule has 0 unspecified atom stereocenters. The van der Waals surface area contributed by atoms with E-state index < -0.39 is 17.9 Å². The molecule has 1 saturated heterocycles. The van der Waals surface area contributed by atoms with E-state index in [4.69, 9.17) is 9.15 Å². The van der Waals surface area contributed by atoms with Gasteiger partial charge in [-0.25, -0.2) is 9.59 Å². The van der Waals surface area contributed by atoms with Gasteiger partial charge in [-0.15, -0.1) is 0 Å². The largest absolute Gasteiger partial charge is 0.488 e. The molecule has 0 radical (unpaired) electrons. The highest BCUT2D eigenvalue weighted by Gasteiger charge is 2.34. The number of amides is 3. The molecule has 33 heavy (non-hydrogen) atoms. The van der Waals surface area contributed by atoms with Crippen LogP contribution in [0.25, 0.3) is 6.08 Å². The van der Waals surface area contributed by atoms with Crippen molar-refractivity contribution < 1.29 is 28.3 Å². The molecule has 3 aromatic rings. The normalized spacial score (nSPS) is 14.5. The molecule has 2 aromatic carbocycles. The summed E-state index contributed by atoms with van der Waals surface area (Å²) in [5.74, 6) is -0.343. The van der Waals surface area contributed by atoms with Gasteiger partial charge < -0.3 is 19.2 Å². The standard InChI is InChI=1S/C24H19BrN2O6/c1-31-23(29)21-10-8-18(33-21)13-27-22(28)19(26-24(27)30)12-16-11-17(25)7-9-20(16)32-14-15-5-3-2-4-6-15/h2-12H,13-14H2,1H3,(H,26,30)/b19-12-. The molecule has 1 aliphatic heterocycles. The van der Waals surface area contributed by atoms with Crippen LogP contribution in [0, 0.1) is 0 Å². The van der Waals surface area contributed by atoms with Gasteiger partial charge in [0.25, 0.3) is 5.91 Å². The number of benzene rings is 2. The minimum absolute atomic E-state index is 0.00957. The van der Waals surface area contributed by atoms with E-state index in [0.717, 1.165) is 14.9 Å². The molecule has 8 nitrogen and oxygen atoms in total. The van der Waals surface area contributed by atoms with Crippen molar-refractivity contribution in [3.05, 3.63) is 93.5 Å². The van der Waals surface area contributed by atoms with Crippen LogP contribution in [0.15, 0.2) is 75.3 Å². The van der Waals surface area contributed by atoms with Crippen molar-refractivity contribution in [2.75, 3.05) is 7.11 Å². The van der Waals surface area contributed by atoms with Gasteiger partial charge in [0.05, 0.1) is 13.7 Å². The predicted molar refractivity (Wildman–Crippen MR) is 122 cm³/mol. The number of methoxy groups -OCH3 is 1. The molecule has 0 aliphatic carbocycles. The second kappa shape index (κ2) is 9.74. The molecule has 0 atom stereocenters. The first kappa shape index (κ1) is 22.3. The number of nitrogens with zero attached hydrogens (tertiary/aromatic N) is 1. The molecule has 1 N–H and O–H groups in total. The fourth-order valence-electron chi connectivity index (χ4n) is 3.20. The van der Waals surface area contributed by atoms with E-state index in [1.54, 1.807) is 18.2 Å². The number of hydrogen-bond acceptors (Lipinski definition) is 6. The highest BCUT2D eigenvalue weighted by atomic mass is 79.9. The monoisotopic (exact) mass is 510 g/mol. The maximum atomic E-state index is 12.9. The molecule has 0 saturated carbocycles. The van der Waals surface area contributed by atoms with Crippen LogP contribution in [0.2, 0.25) is 0 Å². The molecular weight excluding hydrogens is 492 g/mol. The summed E-state index contributed by atoms with van der Waals surface area (Å²) >= 11 is 3.43. The van der Waals surface area contributed by atoms with E-state index in [0.29, 0.717) is 17.9 Å². The first-order chi connectivity index (χ1) is 15.9. The zero-order valence-corrected chi connectivity index (χ0v) is 19.1. The van der Waals surface area contributed by atoms with Gasteiger partial charge in [-0.3, -0.25) is 9.69 Å². The first-order valence-electron chi connectivity index (χ1n) is 9.92. The lowest BCUT2D eigenvalue weighted by Crippen LogP contribution is -2.30. The molecule has 4 rings (SSSR count). The Bertz CT molecular complexity index is 1230. The van der Waals surface area contributed by atoms with Gasteiger partial charge in [-0.2, -0.15) is 0 Å². The molecule has 1 fully saturated rings. The molecule has 168 valence electrons. The van der Waals surface area contributed by atoms with Crippen LogP contribution in [-0.4, -0.2) is 29.9 Å². The Morgan fingerprint density at radius 2 is 1.91 bits per heavy atom. The summed E-state index contributed by atoms with van der Waals surface area (Å²) in [6.45, 7) is 0.223. The smallest absolute Gasteiger partial charge is 0.373 e. The average molecular weight is 511 g/mol. The molecular formula is C24H19BrN2O6. The Morgan fingerprint density at radius 1 is 1.12 bits per heavy atom. The number of carbonyl (C=O) groups excluding carboxylic acids is 3. The number of hydrogen-bond donors (Lipinski definition) is 1. The number of carbonyl (C=O) groups is 3. The fourth-order valence-corrected chi connectivity index (χ4v) is 3.58. The summed E-state index contributed by atoms with van der Waals surface area (Å²) in [4.78, 5) is 37.9. The number of ether oxygens (including phenoxy) is 2. The average Bonchev–Trinajstić information content (AvgIpc) is 3.39. The van der Waals surface area contributed by atoms with Crippen molar-refractivity contribution >= 4 is 39.9 Å². The van der Waals surface area contributed by atoms with E-state index in [9.17, 15) is 14.4 Å². The summed E-state index contributed by atoms with van der Waals surface area (Å²) in [5, 5.41) is 2.58. The number of urea groups is 1.